The first-order valence-electron chi connectivity index (χ1n) is 3.98. The van der Waals surface area contributed by atoms with Gasteiger partial charge in [0.05, 0.1) is 17.2 Å². The molecule has 14 heavy (non-hydrogen) atoms. The van der Waals surface area contributed by atoms with Gasteiger partial charge < -0.3 is 10.5 Å². The second-order valence-corrected chi connectivity index (χ2v) is 3.88. The summed E-state index contributed by atoms with van der Waals surface area (Å²) in [4.78, 5) is 11.1. The Labute approximate surface area is 95.3 Å². The van der Waals surface area contributed by atoms with Gasteiger partial charge in [-0.1, -0.05) is 27.5 Å². The zero-order valence-corrected chi connectivity index (χ0v) is 9.85. The van der Waals surface area contributed by atoms with Gasteiger partial charge in [-0.15, -0.1) is 0 Å². The molecule has 0 radical (unpaired) electrons. The summed E-state index contributed by atoms with van der Waals surface area (Å²) < 4.78 is 5.92. The van der Waals surface area contributed by atoms with Gasteiger partial charge in [0.1, 0.15) is 0 Å². The molecule has 0 saturated carbocycles. The van der Waals surface area contributed by atoms with E-state index in [1.165, 1.54) is 0 Å². The van der Waals surface area contributed by atoms with Crippen LogP contribution in [0.25, 0.3) is 0 Å². The van der Waals surface area contributed by atoms with Crippen LogP contribution >= 0.6 is 27.5 Å². The molecule has 0 aliphatic carbocycles. The normalized spacial score (nSPS) is 9.93. The van der Waals surface area contributed by atoms with Crippen LogP contribution in [-0.2, 0) is 0 Å². The Morgan fingerprint density at radius 2 is 2.29 bits per heavy atom. The minimum Gasteiger partial charge on any atom is -0.491 e. The quantitative estimate of drug-likeness (QED) is 0.924. The average Bonchev–Trinajstić information content (AvgIpc) is 2.09. The van der Waals surface area contributed by atoms with Crippen LogP contribution in [0.3, 0.4) is 0 Å². The Morgan fingerprint density at radius 3 is 2.79 bits per heavy atom. The summed E-state index contributed by atoms with van der Waals surface area (Å²) in [6.07, 6.45) is 0. The number of nitrogens with two attached hydrogens (primary N) is 1. The van der Waals surface area contributed by atoms with E-state index in [1.807, 2.05) is 6.92 Å². The zero-order chi connectivity index (χ0) is 10.7. The Bertz CT molecular complexity index is 368. The number of rotatable bonds is 3. The number of hydrogen-bond acceptors (Lipinski definition) is 2. The highest BCUT2D eigenvalue weighted by Crippen LogP contribution is 2.32. The van der Waals surface area contributed by atoms with Crippen molar-refractivity contribution in [2.24, 2.45) is 5.73 Å². The zero-order valence-electron chi connectivity index (χ0n) is 7.51. The monoisotopic (exact) mass is 277 g/mol. The lowest BCUT2D eigenvalue weighted by atomic mass is 10.2. The van der Waals surface area contributed by atoms with Gasteiger partial charge in [0.25, 0.3) is 5.91 Å². The molecule has 2 N–H and O–H groups in total. The smallest absolute Gasteiger partial charge is 0.252 e. The number of ether oxygens (including phenoxy) is 1. The fourth-order valence-corrected chi connectivity index (χ4v) is 1.90. The number of amides is 1. The molecule has 0 aromatic heterocycles. The molecule has 1 rings (SSSR count). The standard InChI is InChI=1S/C9H9BrClNO2/c1-2-14-8-6(9(12)13)3-5(10)4-7(8)11/h3-4H,2H2,1H3,(H2,12,13). The predicted octanol–water partition coefficient (Wildman–Crippen LogP) is 2.60. The van der Waals surface area contributed by atoms with E-state index in [0.717, 1.165) is 0 Å². The van der Waals surface area contributed by atoms with Gasteiger partial charge >= 0.3 is 0 Å². The molecule has 5 heteroatoms. The van der Waals surface area contributed by atoms with E-state index in [2.05, 4.69) is 15.9 Å². The van der Waals surface area contributed by atoms with Crippen LogP contribution in [0.4, 0.5) is 0 Å². The molecule has 0 saturated heterocycles. The van der Waals surface area contributed by atoms with Crippen LogP contribution in [0.15, 0.2) is 16.6 Å². The van der Waals surface area contributed by atoms with E-state index in [0.29, 0.717) is 21.9 Å². The van der Waals surface area contributed by atoms with E-state index >= 15 is 0 Å². The van der Waals surface area contributed by atoms with Gasteiger partial charge in [0, 0.05) is 4.47 Å². The van der Waals surface area contributed by atoms with Gasteiger partial charge in [0.2, 0.25) is 0 Å². The van der Waals surface area contributed by atoms with Crippen molar-refractivity contribution < 1.29 is 9.53 Å². The molecule has 76 valence electrons. The van der Waals surface area contributed by atoms with Gasteiger partial charge in [0.15, 0.2) is 5.75 Å². The van der Waals surface area contributed by atoms with Gasteiger partial charge in [-0.05, 0) is 19.1 Å². The SMILES string of the molecule is CCOc1c(Cl)cc(Br)cc1C(N)=O. The summed E-state index contributed by atoms with van der Waals surface area (Å²) >= 11 is 9.11. The van der Waals surface area contributed by atoms with Crippen LogP contribution < -0.4 is 10.5 Å². The molecule has 3 nitrogen and oxygen atoms in total. The number of benzene rings is 1. The van der Waals surface area contributed by atoms with E-state index in [1.54, 1.807) is 12.1 Å². The van der Waals surface area contributed by atoms with Crippen molar-refractivity contribution in [2.75, 3.05) is 6.61 Å². The fourth-order valence-electron chi connectivity index (χ4n) is 1.03. The Hall–Kier alpha value is -0.740. The Morgan fingerprint density at radius 1 is 1.64 bits per heavy atom. The number of hydrogen-bond donors (Lipinski definition) is 1. The molecule has 0 fully saturated rings. The van der Waals surface area contributed by atoms with Crippen molar-refractivity contribution in [3.05, 3.63) is 27.2 Å². The topological polar surface area (TPSA) is 52.3 Å². The second-order valence-electron chi connectivity index (χ2n) is 2.56. The van der Waals surface area contributed by atoms with Gasteiger partial charge in [-0.2, -0.15) is 0 Å². The molecule has 0 heterocycles. The molecule has 0 bridgehead atoms. The van der Waals surface area contributed by atoms with Crippen LogP contribution in [0.5, 0.6) is 5.75 Å². The first-order chi connectivity index (χ1) is 6.56. The highest BCUT2D eigenvalue weighted by atomic mass is 79.9. The van der Waals surface area contributed by atoms with Crippen molar-refractivity contribution in [3.63, 3.8) is 0 Å². The minimum absolute atomic E-state index is 0.284. The molecule has 1 amide bonds. The molecule has 0 unspecified atom stereocenters. The van der Waals surface area contributed by atoms with Crippen molar-refractivity contribution in [3.8, 4) is 5.75 Å². The summed E-state index contributed by atoms with van der Waals surface area (Å²) in [5.74, 6) is -0.221. The molecule has 0 aliphatic heterocycles. The van der Waals surface area contributed by atoms with Gasteiger partial charge in [-0.3, -0.25) is 4.79 Å². The second kappa shape index (κ2) is 4.66. The third-order valence-corrected chi connectivity index (χ3v) is 2.30. The van der Waals surface area contributed by atoms with Crippen molar-refractivity contribution >= 4 is 33.4 Å². The van der Waals surface area contributed by atoms with E-state index in [-0.39, 0.29) is 5.56 Å². The number of halogens is 2. The highest BCUT2D eigenvalue weighted by Gasteiger charge is 2.14. The van der Waals surface area contributed by atoms with E-state index in [4.69, 9.17) is 22.1 Å². The molecular formula is C9H9BrClNO2. The summed E-state index contributed by atoms with van der Waals surface area (Å²) in [5, 5.41) is 0.370. The summed E-state index contributed by atoms with van der Waals surface area (Å²) in [5.41, 5.74) is 5.47. The molecule has 1 aromatic rings. The van der Waals surface area contributed by atoms with Crippen LogP contribution in [0.2, 0.25) is 5.02 Å². The van der Waals surface area contributed by atoms with E-state index in [9.17, 15) is 4.79 Å². The summed E-state index contributed by atoms with van der Waals surface area (Å²) in [6.45, 7) is 2.24. The molecule has 0 spiro atoms. The molecule has 1 aromatic carbocycles. The van der Waals surface area contributed by atoms with Gasteiger partial charge in [-0.25, -0.2) is 0 Å². The van der Waals surface area contributed by atoms with Crippen LogP contribution in [0, 0.1) is 0 Å². The molecule has 0 atom stereocenters. The third kappa shape index (κ3) is 2.39. The van der Waals surface area contributed by atoms with Crippen LogP contribution in [-0.4, -0.2) is 12.5 Å². The summed E-state index contributed by atoms with van der Waals surface area (Å²) in [6, 6.07) is 3.23. The largest absolute Gasteiger partial charge is 0.491 e. The van der Waals surface area contributed by atoms with Crippen molar-refractivity contribution in [2.45, 2.75) is 6.92 Å². The third-order valence-electron chi connectivity index (χ3n) is 1.56. The van der Waals surface area contributed by atoms with Crippen molar-refractivity contribution in [1.82, 2.24) is 0 Å². The van der Waals surface area contributed by atoms with Crippen molar-refractivity contribution in [1.29, 1.82) is 0 Å². The number of primary amides is 1. The lowest BCUT2D eigenvalue weighted by Crippen LogP contribution is -2.13. The fraction of sp³-hybridized carbons (Fsp3) is 0.222. The van der Waals surface area contributed by atoms with E-state index < -0.39 is 5.91 Å². The summed E-state index contributed by atoms with van der Waals surface area (Å²) in [7, 11) is 0. The Kier molecular flexibility index (Phi) is 3.77. The minimum atomic E-state index is -0.559. The predicted molar refractivity (Wildman–Crippen MR) is 58.8 cm³/mol. The van der Waals surface area contributed by atoms with Crippen LogP contribution in [0.1, 0.15) is 17.3 Å². The first-order valence-corrected chi connectivity index (χ1v) is 5.15. The Balaban J connectivity index is 3.28. The maximum atomic E-state index is 11.1. The molecule has 0 aliphatic rings. The molecular weight excluding hydrogens is 269 g/mol. The number of carbonyl (C=O) groups excluding carboxylic acids is 1. The maximum Gasteiger partial charge on any atom is 0.252 e. The first kappa shape index (κ1) is 11.3. The lowest BCUT2D eigenvalue weighted by molar-refractivity contribution is 0.0996. The lowest BCUT2D eigenvalue weighted by Gasteiger charge is -2.09. The average molecular weight is 279 g/mol. The maximum absolute atomic E-state index is 11.1. The number of carbonyl (C=O) groups is 1. The highest BCUT2D eigenvalue weighted by molar-refractivity contribution is 9.10.